The number of halogens is 1. The van der Waals surface area contributed by atoms with Crippen molar-refractivity contribution in [2.24, 2.45) is 0 Å². The van der Waals surface area contributed by atoms with Crippen molar-refractivity contribution < 1.29 is 0 Å². The van der Waals surface area contributed by atoms with Crippen LogP contribution in [0.4, 0.5) is 5.13 Å². The van der Waals surface area contributed by atoms with E-state index in [2.05, 4.69) is 43.2 Å². The van der Waals surface area contributed by atoms with Crippen molar-refractivity contribution in [1.29, 1.82) is 0 Å². The van der Waals surface area contributed by atoms with E-state index in [9.17, 15) is 0 Å². The Morgan fingerprint density at radius 2 is 2.28 bits per heavy atom. The number of aryl methyl sites for hydroxylation is 1. The predicted molar refractivity (Wildman–Crippen MR) is 107 cm³/mol. The molecular formula is C17H20BrN5S2. The molecule has 4 heterocycles. The second-order valence-electron chi connectivity index (χ2n) is 6.28. The lowest BCUT2D eigenvalue weighted by atomic mass is 9.99. The number of hydrogen-bond acceptors (Lipinski definition) is 6. The van der Waals surface area contributed by atoms with Gasteiger partial charge in [-0.1, -0.05) is 18.3 Å². The van der Waals surface area contributed by atoms with Crippen LogP contribution >= 0.6 is 38.6 Å². The Labute approximate surface area is 163 Å². The molecule has 0 radical (unpaired) electrons. The average Bonchev–Trinajstić information content (AvgIpc) is 3.36. The molecule has 25 heavy (non-hydrogen) atoms. The van der Waals surface area contributed by atoms with Gasteiger partial charge in [0.2, 0.25) is 0 Å². The average molecular weight is 438 g/mol. The number of hydrogen-bond donors (Lipinski definition) is 0. The maximum Gasteiger partial charge on any atom is 0.185 e. The minimum Gasteiger partial charge on any atom is -0.347 e. The van der Waals surface area contributed by atoms with Crippen LogP contribution in [0.2, 0.25) is 0 Å². The van der Waals surface area contributed by atoms with E-state index in [-0.39, 0.29) is 0 Å². The van der Waals surface area contributed by atoms with Crippen LogP contribution in [0, 0.1) is 0 Å². The zero-order chi connectivity index (χ0) is 17.2. The minimum atomic E-state index is 0.536. The fourth-order valence-corrected chi connectivity index (χ4v) is 5.42. The lowest BCUT2D eigenvalue weighted by molar-refractivity contribution is 0.507. The van der Waals surface area contributed by atoms with Gasteiger partial charge in [-0.25, -0.2) is 9.97 Å². The molecule has 0 saturated carbocycles. The molecule has 0 amide bonds. The van der Waals surface area contributed by atoms with Gasteiger partial charge < -0.3 is 4.90 Å². The van der Waals surface area contributed by atoms with Gasteiger partial charge in [-0.3, -0.25) is 4.68 Å². The molecule has 5 nitrogen and oxygen atoms in total. The summed E-state index contributed by atoms with van der Waals surface area (Å²) in [6.45, 7) is 5.05. The van der Waals surface area contributed by atoms with E-state index in [4.69, 9.17) is 4.98 Å². The van der Waals surface area contributed by atoms with Crippen molar-refractivity contribution in [3.8, 4) is 0 Å². The molecule has 3 aromatic rings. The van der Waals surface area contributed by atoms with Crippen LogP contribution in [-0.2, 0) is 13.0 Å². The van der Waals surface area contributed by atoms with Gasteiger partial charge in [0, 0.05) is 41.7 Å². The Kier molecular flexibility index (Phi) is 5.19. The van der Waals surface area contributed by atoms with Crippen LogP contribution in [0.15, 0.2) is 28.4 Å². The molecule has 1 atom stereocenters. The number of thiazole rings is 2. The Bertz CT molecular complexity index is 840. The van der Waals surface area contributed by atoms with E-state index in [1.54, 1.807) is 11.3 Å². The van der Waals surface area contributed by atoms with Gasteiger partial charge in [-0.2, -0.15) is 5.10 Å². The fraction of sp³-hybridized carbons (Fsp3) is 0.471. The monoisotopic (exact) mass is 437 g/mol. The molecule has 0 aliphatic carbocycles. The van der Waals surface area contributed by atoms with Crippen molar-refractivity contribution in [3.63, 3.8) is 0 Å². The number of piperidine rings is 1. The number of nitrogens with zero attached hydrogens (tertiary/aromatic N) is 5. The highest BCUT2D eigenvalue weighted by molar-refractivity contribution is 9.10. The summed E-state index contributed by atoms with van der Waals surface area (Å²) in [5.74, 6) is 0.536. The number of rotatable bonds is 5. The minimum absolute atomic E-state index is 0.536. The topological polar surface area (TPSA) is 46.8 Å². The molecule has 1 aliphatic rings. The van der Waals surface area contributed by atoms with Gasteiger partial charge in [-0.05, 0) is 35.2 Å². The van der Waals surface area contributed by atoms with Crippen LogP contribution in [0.1, 0.15) is 41.3 Å². The molecule has 3 aromatic heterocycles. The van der Waals surface area contributed by atoms with E-state index >= 15 is 0 Å². The lowest BCUT2D eigenvalue weighted by Gasteiger charge is -2.31. The van der Waals surface area contributed by atoms with E-state index in [0.29, 0.717) is 5.92 Å². The first kappa shape index (κ1) is 17.2. The molecule has 0 N–H and O–H groups in total. The molecule has 132 valence electrons. The first-order valence-corrected chi connectivity index (χ1v) is 11.0. The molecular weight excluding hydrogens is 418 g/mol. The summed E-state index contributed by atoms with van der Waals surface area (Å²) in [5.41, 5.74) is 1.22. The summed E-state index contributed by atoms with van der Waals surface area (Å²) in [6, 6.07) is 0. The molecule has 1 aliphatic heterocycles. The maximum atomic E-state index is 4.80. The van der Waals surface area contributed by atoms with E-state index in [1.165, 1.54) is 28.4 Å². The Balaban J connectivity index is 1.44. The van der Waals surface area contributed by atoms with Crippen LogP contribution in [0.5, 0.6) is 0 Å². The summed E-state index contributed by atoms with van der Waals surface area (Å²) in [6.07, 6.45) is 9.24. The van der Waals surface area contributed by atoms with Crippen molar-refractivity contribution in [3.05, 3.63) is 44.0 Å². The smallest absolute Gasteiger partial charge is 0.185 e. The summed E-state index contributed by atoms with van der Waals surface area (Å²) in [5, 5.41) is 8.94. The van der Waals surface area contributed by atoms with Gasteiger partial charge in [0.25, 0.3) is 0 Å². The van der Waals surface area contributed by atoms with Crippen LogP contribution < -0.4 is 4.90 Å². The van der Waals surface area contributed by atoms with Gasteiger partial charge in [-0.15, -0.1) is 11.3 Å². The highest BCUT2D eigenvalue weighted by Crippen LogP contribution is 2.33. The molecule has 0 spiro atoms. The summed E-state index contributed by atoms with van der Waals surface area (Å²) in [7, 11) is 0. The molecule has 1 unspecified atom stereocenters. The van der Waals surface area contributed by atoms with Crippen LogP contribution in [0.3, 0.4) is 0 Å². The highest BCUT2D eigenvalue weighted by atomic mass is 79.9. The summed E-state index contributed by atoms with van der Waals surface area (Å²) < 4.78 is 2.94. The van der Waals surface area contributed by atoms with E-state index < -0.39 is 0 Å². The largest absolute Gasteiger partial charge is 0.347 e. The Hall–Kier alpha value is -1.25. The first-order chi connectivity index (χ1) is 12.2. The zero-order valence-corrected chi connectivity index (χ0v) is 17.3. The van der Waals surface area contributed by atoms with E-state index in [0.717, 1.165) is 35.7 Å². The number of anilines is 1. The predicted octanol–water partition coefficient (Wildman–Crippen LogP) is 4.55. The quantitative estimate of drug-likeness (QED) is 0.586. The van der Waals surface area contributed by atoms with Crippen molar-refractivity contribution in [1.82, 2.24) is 19.7 Å². The van der Waals surface area contributed by atoms with Crippen molar-refractivity contribution >= 4 is 43.7 Å². The number of aromatic nitrogens is 4. The summed E-state index contributed by atoms with van der Waals surface area (Å²) in [4.78, 5) is 13.1. The van der Waals surface area contributed by atoms with Crippen LogP contribution in [0.25, 0.3) is 0 Å². The third kappa shape index (κ3) is 3.96. The zero-order valence-electron chi connectivity index (χ0n) is 14.1. The van der Waals surface area contributed by atoms with Crippen molar-refractivity contribution in [2.45, 2.75) is 38.6 Å². The van der Waals surface area contributed by atoms with Gasteiger partial charge in [0.1, 0.15) is 0 Å². The maximum absolute atomic E-state index is 4.80. The van der Waals surface area contributed by atoms with E-state index in [1.807, 2.05) is 34.6 Å². The third-order valence-corrected chi connectivity index (χ3v) is 6.94. The Morgan fingerprint density at radius 1 is 1.36 bits per heavy atom. The van der Waals surface area contributed by atoms with Crippen LogP contribution in [-0.4, -0.2) is 32.8 Å². The highest BCUT2D eigenvalue weighted by Gasteiger charge is 2.25. The normalized spacial score (nSPS) is 18.0. The second kappa shape index (κ2) is 7.55. The summed E-state index contributed by atoms with van der Waals surface area (Å²) >= 11 is 7.03. The van der Waals surface area contributed by atoms with Gasteiger partial charge in [0.05, 0.1) is 27.9 Å². The second-order valence-corrected chi connectivity index (χ2v) is 9.18. The van der Waals surface area contributed by atoms with Gasteiger partial charge >= 0.3 is 0 Å². The fourth-order valence-electron chi connectivity index (χ4n) is 3.13. The van der Waals surface area contributed by atoms with Crippen molar-refractivity contribution in [2.75, 3.05) is 18.0 Å². The van der Waals surface area contributed by atoms with Gasteiger partial charge in [0.15, 0.2) is 5.13 Å². The molecule has 1 fully saturated rings. The molecule has 8 heteroatoms. The first-order valence-electron chi connectivity index (χ1n) is 8.53. The SMILES string of the molecule is CCc1csc(C2CCCN(c3ncc(Cn4cc(Br)cn4)s3)C2)n1. The molecule has 1 saturated heterocycles. The standard InChI is InChI=1S/C17H20BrN5S2/c1-2-14-11-24-16(21-14)12-4-3-5-22(8-12)17-19-7-15(25-17)10-23-9-13(18)6-20-23/h6-7,9,11-12H,2-5,8,10H2,1H3. The third-order valence-electron chi connectivity index (χ3n) is 4.43. The lowest BCUT2D eigenvalue weighted by Crippen LogP contribution is -2.34. The molecule has 0 bridgehead atoms. The molecule has 4 rings (SSSR count). The Morgan fingerprint density at radius 3 is 3.04 bits per heavy atom. The molecule has 0 aromatic carbocycles.